The second-order valence-corrected chi connectivity index (χ2v) is 3.67. The van der Waals surface area contributed by atoms with Crippen LogP contribution in [0.5, 0.6) is 0 Å². The molecular weight excluding hydrogens is 160 g/mol. The normalized spacial score (nSPS) is 28.7. The lowest BCUT2D eigenvalue weighted by Crippen LogP contribution is -2.42. The van der Waals surface area contributed by atoms with E-state index in [0.717, 1.165) is 6.42 Å². The summed E-state index contributed by atoms with van der Waals surface area (Å²) in [6.07, 6.45) is 3.72. The van der Waals surface area contributed by atoms with E-state index in [1.165, 1.54) is 18.4 Å². The average molecular weight is 176 g/mol. The minimum Gasteiger partial charge on any atom is -0.316 e. The molecule has 2 nitrogen and oxygen atoms in total. The van der Waals surface area contributed by atoms with Crippen LogP contribution >= 0.6 is 0 Å². The van der Waals surface area contributed by atoms with E-state index in [4.69, 9.17) is 5.73 Å². The molecule has 0 bridgehead atoms. The Bertz CT molecular complexity index is 258. The Balaban J connectivity index is 2.08. The minimum absolute atomic E-state index is 0.180. The van der Waals surface area contributed by atoms with Gasteiger partial charge in [0, 0.05) is 6.04 Å². The number of hydrogen-bond acceptors (Lipinski definition) is 2. The molecule has 2 rings (SSSR count). The minimum atomic E-state index is 0.180. The molecule has 0 radical (unpaired) electrons. The summed E-state index contributed by atoms with van der Waals surface area (Å²) in [4.78, 5) is 0. The molecule has 1 aromatic carbocycles. The van der Waals surface area contributed by atoms with Gasteiger partial charge in [0.2, 0.25) is 0 Å². The molecule has 1 aliphatic rings. The van der Waals surface area contributed by atoms with E-state index in [9.17, 15) is 0 Å². The highest BCUT2D eigenvalue weighted by atomic mass is 15.1. The summed E-state index contributed by atoms with van der Waals surface area (Å²) in [5.41, 5.74) is 7.21. The first-order valence-corrected chi connectivity index (χ1v) is 4.93. The van der Waals surface area contributed by atoms with Crippen molar-refractivity contribution < 1.29 is 0 Å². The lowest BCUT2D eigenvalue weighted by Gasteiger charge is -2.28. The number of piperidine rings is 1. The highest BCUT2D eigenvalue weighted by Crippen LogP contribution is 2.23. The van der Waals surface area contributed by atoms with E-state index in [1.807, 2.05) is 6.07 Å². The topological polar surface area (TPSA) is 38.0 Å². The first-order chi connectivity index (χ1) is 6.36. The van der Waals surface area contributed by atoms with Crippen molar-refractivity contribution in [2.45, 2.75) is 31.5 Å². The summed E-state index contributed by atoms with van der Waals surface area (Å²) in [5, 5.41) is 3.41. The van der Waals surface area contributed by atoms with Crippen LogP contribution in [0.4, 0.5) is 0 Å². The van der Waals surface area contributed by atoms with Crippen molar-refractivity contribution in [2.24, 2.45) is 5.73 Å². The number of hydrogen-bond donors (Lipinski definition) is 2. The molecule has 2 unspecified atom stereocenters. The summed E-state index contributed by atoms with van der Waals surface area (Å²) < 4.78 is 0. The van der Waals surface area contributed by atoms with Gasteiger partial charge >= 0.3 is 0 Å². The van der Waals surface area contributed by atoms with Gasteiger partial charge in [0.15, 0.2) is 0 Å². The van der Waals surface area contributed by atoms with Crippen molar-refractivity contribution in [3.05, 3.63) is 35.9 Å². The van der Waals surface area contributed by atoms with Crippen molar-refractivity contribution in [2.75, 3.05) is 0 Å². The molecule has 0 amide bonds. The molecule has 1 aromatic rings. The Labute approximate surface area is 79.1 Å². The quantitative estimate of drug-likeness (QED) is 0.684. The molecule has 13 heavy (non-hydrogen) atoms. The van der Waals surface area contributed by atoms with Crippen LogP contribution in [0.15, 0.2) is 30.3 Å². The van der Waals surface area contributed by atoms with E-state index < -0.39 is 0 Å². The van der Waals surface area contributed by atoms with Gasteiger partial charge in [-0.1, -0.05) is 30.3 Å². The van der Waals surface area contributed by atoms with E-state index in [-0.39, 0.29) is 6.17 Å². The number of nitrogens with one attached hydrogen (secondary N) is 1. The van der Waals surface area contributed by atoms with Gasteiger partial charge in [-0.2, -0.15) is 0 Å². The Morgan fingerprint density at radius 3 is 2.62 bits per heavy atom. The van der Waals surface area contributed by atoms with Gasteiger partial charge in [0.1, 0.15) is 0 Å². The molecule has 2 atom stereocenters. The fourth-order valence-corrected chi connectivity index (χ4v) is 1.92. The van der Waals surface area contributed by atoms with Gasteiger partial charge in [-0.05, 0) is 24.8 Å². The zero-order valence-corrected chi connectivity index (χ0v) is 7.74. The Hall–Kier alpha value is -0.860. The van der Waals surface area contributed by atoms with Crippen LogP contribution in [-0.2, 0) is 0 Å². The highest BCUT2D eigenvalue weighted by molar-refractivity contribution is 5.19. The first-order valence-electron chi connectivity index (χ1n) is 4.93. The second-order valence-electron chi connectivity index (χ2n) is 3.67. The van der Waals surface area contributed by atoms with Crippen molar-refractivity contribution >= 4 is 0 Å². The summed E-state index contributed by atoms with van der Waals surface area (Å²) in [7, 11) is 0. The third-order valence-electron chi connectivity index (χ3n) is 2.63. The Morgan fingerprint density at radius 1 is 1.15 bits per heavy atom. The van der Waals surface area contributed by atoms with Crippen molar-refractivity contribution in [3.63, 3.8) is 0 Å². The van der Waals surface area contributed by atoms with Crippen molar-refractivity contribution in [1.29, 1.82) is 0 Å². The molecular formula is C11H16N2. The van der Waals surface area contributed by atoms with E-state index in [1.54, 1.807) is 0 Å². The largest absolute Gasteiger partial charge is 0.316 e. The Morgan fingerprint density at radius 2 is 1.92 bits per heavy atom. The molecule has 3 N–H and O–H groups in total. The van der Waals surface area contributed by atoms with Crippen LogP contribution in [-0.4, -0.2) is 6.17 Å². The van der Waals surface area contributed by atoms with Gasteiger partial charge in [-0.15, -0.1) is 0 Å². The zero-order valence-electron chi connectivity index (χ0n) is 7.74. The summed E-state index contributed by atoms with van der Waals surface area (Å²) in [6.45, 7) is 0. The van der Waals surface area contributed by atoms with E-state index in [2.05, 4.69) is 29.6 Å². The van der Waals surface area contributed by atoms with Crippen molar-refractivity contribution in [3.8, 4) is 0 Å². The van der Waals surface area contributed by atoms with Crippen LogP contribution in [0.2, 0.25) is 0 Å². The fraction of sp³-hybridized carbons (Fsp3) is 0.455. The maximum Gasteiger partial charge on any atom is 0.0551 e. The number of rotatable bonds is 1. The number of nitrogens with two attached hydrogens (primary N) is 1. The van der Waals surface area contributed by atoms with Crippen LogP contribution in [0.25, 0.3) is 0 Å². The summed E-state index contributed by atoms with van der Waals surface area (Å²) in [6, 6.07) is 11.0. The van der Waals surface area contributed by atoms with Crippen LogP contribution in [0, 0.1) is 0 Å². The third-order valence-corrected chi connectivity index (χ3v) is 2.63. The van der Waals surface area contributed by atoms with E-state index in [0.29, 0.717) is 6.04 Å². The molecule has 1 heterocycles. The smallest absolute Gasteiger partial charge is 0.0551 e. The van der Waals surface area contributed by atoms with E-state index >= 15 is 0 Å². The van der Waals surface area contributed by atoms with Gasteiger partial charge in [-0.3, -0.25) is 5.32 Å². The lowest BCUT2D eigenvalue weighted by molar-refractivity contribution is 0.331. The second kappa shape index (κ2) is 3.90. The van der Waals surface area contributed by atoms with Crippen molar-refractivity contribution in [1.82, 2.24) is 5.32 Å². The van der Waals surface area contributed by atoms with Gasteiger partial charge < -0.3 is 5.73 Å². The molecule has 0 aromatic heterocycles. The average Bonchev–Trinajstić information content (AvgIpc) is 2.19. The predicted octanol–water partition coefficient (Wildman–Crippen LogP) is 1.79. The Kier molecular flexibility index (Phi) is 2.62. The summed E-state index contributed by atoms with van der Waals surface area (Å²) >= 11 is 0. The summed E-state index contributed by atoms with van der Waals surface area (Å²) in [5.74, 6) is 0. The maximum atomic E-state index is 5.85. The van der Waals surface area contributed by atoms with Gasteiger partial charge in [-0.25, -0.2) is 0 Å². The van der Waals surface area contributed by atoms with Crippen LogP contribution in [0.1, 0.15) is 30.9 Å². The van der Waals surface area contributed by atoms with Gasteiger partial charge in [0.05, 0.1) is 6.17 Å². The molecule has 0 saturated carbocycles. The molecule has 1 saturated heterocycles. The molecule has 1 fully saturated rings. The highest BCUT2D eigenvalue weighted by Gasteiger charge is 2.18. The monoisotopic (exact) mass is 176 g/mol. The molecule has 2 heteroatoms. The van der Waals surface area contributed by atoms with Crippen LogP contribution < -0.4 is 11.1 Å². The first kappa shape index (κ1) is 8.73. The number of benzene rings is 1. The maximum absolute atomic E-state index is 5.85. The zero-order chi connectivity index (χ0) is 9.10. The molecule has 1 aliphatic heterocycles. The standard InChI is InChI=1S/C11H16N2/c12-11-8-4-7-10(13-11)9-5-2-1-3-6-9/h1-3,5-6,10-11,13H,4,7-8,12H2. The molecule has 0 aliphatic carbocycles. The van der Waals surface area contributed by atoms with Crippen LogP contribution in [0.3, 0.4) is 0 Å². The lowest BCUT2D eigenvalue weighted by atomic mass is 9.96. The molecule has 70 valence electrons. The fourth-order valence-electron chi connectivity index (χ4n) is 1.92. The third kappa shape index (κ3) is 2.08. The predicted molar refractivity (Wildman–Crippen MR) is 54.1 cm³/mol. The molecule has 0 spiro atoms. The van der Waals surface area contributed by atoms with Gasteiger partial charge in [0.25, 0.3) is 0 Å². The SMILES string of the molecule is NC1CCCC(c2ccccc2)N1.